The van der Waals surface area contributed by atoms with Gasteiger partial charge in [-0.2, -0.15) is 0 Å². The van der Waals surface area contributed by atoms with E-state index >= 15 is 0 Å². The average Bonchev–Trinajstić information content (AvgIpc) is 2.85. The van der Waals surface area contributed by atoms with Crippen LogP contribution < -0.4 is 0 Å². The Hall–Kier alpha value is -1.06. The van der Waals surface area contributed by atoms with E-state index in [1.165, 1.54) is 0 Å². The minimum Gasteiger partial charge on any atom is -0.481 e. The van der Waals surface area contributed by atoms with Gasteiger partial charge in [-0.1, -0.05) is 26.7 Å². The Morgan fingerprint density at radius 1 is 1.33 bits per heavy atom. The quantitative estimate of drug-likeness (QED) is 0.742. The summed E-state index contributed by atoms with van der Waals surface area (Å²) in [6.45, 7) is 5.60. The van der Waals surface area contributed by atoms with Crippen molar-refractivity contribution in [1.82, 2.24) is 0 Å². The molecule has 1 saturated carbocycles. The molecule has 4 nitrogen and oxygen atoms in total. The van der Waals surface area contributed by atoms with Crippen LogP contribution in [0.5, 0.6) is 0 Å². The van der Waals surface area contributed by atoms with E-state index in [2.05, 4.69) is 0 Å². The number of hydrogen-bond acceptors (Lipinski definition) is 3. The van der Waals surface area contributed by atoms with Gasteiger partial charge in [0, 0.05) is 0 Å². The van der Waals surface area contributed by atoms with Gasteiger partial charge < -0.3 is 9.84 Å². The molecule has 4 heteroatoms. The maximum Gasteiger partial charge on any atom is 0.313 e. The Bertz CT molecular complexity index is 307. The third-order valence-electron chi connectivity index (χ3n) is 4.47. The van der Waals surface area contributed by atoms with E-state index in [0.29, 0.717) is 13.0 Å². The van der Waals surface area contributed by atoms with Crippen LogP contribution in [0.4, 0.5) is 0 Å². The zero-order chi connectivity index (χ0) is 13.8. The largest absolute Gasteiger partial charge is 0.481 e. The molecular weight excluding hydrogens is 232 g/mol. The minimum atomic E-state index is -0.906. The predicted octanol–water partition coefficient (Wildman–Crippen LogP) is 2.86. The summed E-state index contributed by atoms with van der Waals surface area (Å²) in [5.74, 6) is -1.77. The number of carbonyl (C=O) groups is 2. The van der Waals surface area contributed by atoms with Crippen LogP contribution in [0, 0.1) is 17.3 Å². The molecule has 1 N–H and O–H groups in total. The second kappa shape index (κ2) is 6.21. The lowest BCUT2D eigenvalue weighted by Gasteiger charge is -2.39. The molecule has 0 amide bonds. The number of esters is 1. The number of carboxylic acid groups (broad SMARTS) is 1. The second-order valence-corrected chi connectivity index (χ2v) is 5.16. The van der Waals surface area contributed by atoms with Crippen molar-refractivity contribution < 1.29 is 19.4 Å². The van der Waals surface area contributed by atoms with Gasteiger partial charge in [0.05, 0.1) is 17.9 Å². The molecule has 0 aromatic heterocycles. The van der Waals surface area contributed by atoms with Gasteiger partial charge in [-0.25, -0.2) is 0 Å². The zero-order valence-corrected chi connectivity index (χ0v) is 11.6. The van der Waals surface area contributed by atoms with Gasteiger partial charge in [0.1, 0.15) is 0 Å². The molecule has 1 aliphatic carbocycles. The van der Waals surface area contributed by atoms with Crippen molar-refractivity contribution in [2.24, 2.45) is 17.3 Å². The fourth-order valence-electron chi connectivity index (χ4n) is 3.36. The fraction of sp³-hybridized carbons (Fsp3) is 0.857. The van der Waals surface area contributed by atoms with Gasteiger partial charge in [0.15, 0.2) is 0 Å². The van der Waals surface area contributed by atoms with Crippen LogP contribution in [0.1, 0.15) is 52.9 Å². The average molecular weight is 256 g/mol. The van der Waals surface area contributed by atoms with Crippen LogP contribution >= 0.6 is 0 Å². The van der Waals surface area contributed by atoms with Crippen molar-refractivity contribution in [2.45, 2.75) is 52.9 Å². The summed E-state index contributed by atoms with van der Waals surface area (Å²) in [4.78, 5) is 23.7. The van der Waals surface area contributed by atoms with Crippen molar-refractivity contribution in [3.63, 3.8) is 0 Å². The Labute approximate surface area is 109 Å². The highest BCUT2D eigenvalue weighted by molar-refractivity contribution is 5.84. The van der Waals surface area contributed by atoms with E-state index in [-0.39, 0.29) is 11.9 Å². The molecule has 0 aromatic rings. The number of rotatable bonds is 6. The van der Waals surface area contributed by atoms with E-state index in [0.717, 1.165) is 25.7 Å². The van der Waals surface area contributed by atoms with Crippen molar-refractivity contribution in [1.29, 1.82) is 0 Å². The van der Waals surface area contributed by atoms with E-state index in [9.17, 15) is 14.7 Å². The molecule has 2 unspecified atom stereocenters. The van der Waals surface area contributed by atoms with Crippen molar-refractivity contribution in [3.8, 4) is 0 Å². The SMILES string of the molecule is CCOC(=O)C(CC)(C1CCCC1)C(C)C(=O)O. The highest BCUT2D eigenvalue weighted by Gasteiger charge is 2.52. The van der Waals surface area contributed by atoms with Gasteiger partial charge in [-0.3, -0.25) is 9.59 Å². The molecule has 0 aliphatic heterocycles. The van der Waals surface area contributed by atoms with E-state index in [1.807, 2.05) is 6.92 Å². The molecule has 0 heterocycles. The maximum absolute atomic E-state index is 12.3. The topological polar surface area (TPSA) is 63.6 Å². The van der Waals surface area contributed by atoms with Gasteiger partial charge in [0.25, 0.3) is 0 Å². The molecule has 1 aliphatic rings. The first-order valence-corrected chi connectivity index (χ1v) is 6.90. The standard InChI is InChI=1S/C14H24O4/c1-4-14(10(3)12(15)16,13(17)18-5-2)11-8-6-7-9-11/h10-11H,4-9H2,1-3H3,(H,15,16). The second-order valence-electron chi connectivity index (χ2n) is 5.16. The summed E-state index contributed by atoms with van der Waals surface area (Å²) in [5, 5.41) is 9.32. The lowest BCUT2D eigenvalue weighted by molar-refractivity contribution is -0.171. The zero-order valence-electron chi connectivity index (χ0n) is 11.6. The molecule has 2 atom stereocenters. The third kappa shape index (κ3) is 2.52. The Morgan fingerprint density at radius 2 is 1.89 bits per heavy atom. The molecule has 0 aromatic carbocycles. The highest BCUT2D eigenvalue weighted by atomic mass is 16.5. The minimum absolute atomic E-state index is 0.146. The first kappa shape index (κ1) is 15.0. The lowest BCUT2D eigenvalue weighted by atomic mass is 9.64. The highest BCUT2D eigenvalue weighted by Crippen LogP contribution is 2.48. The smallest absolute Gasteiger partial charge is 0.313 e. The molecular formula is C14H24O4. The maximum atomic E-state index is 12.3. The molecule has 1 rings (SSSR count). The Balaban J connectivity index is 3.10. The number of carbonyl (C=O) groups excluding carboxylic acids is 1. The van der Waals surface area contributed by atoms with Gasteiger partial charge in [0.2, 0.25) is 0 Å². The molecule has 0 radical (unpaired) electrons. The summed E-state index contributed by atoms with van der Waals surface area (Å²) in [7, 11) is 0. The summed E-state index contributed by atoms with van der Waals surface area (Å²) >= 11 is 0. The van der Waals surface area contributed by atoms with Crippen LogP contribution in [0.2, 0.25) is 0 Å². The van der Waals surface area contributed by atoms with E-state index in [1.54, 1.807) is 13.8 Å². The van der Waals surface area contributed by atoms with Crippen LogP contribution in [0.25, 0.3) is 0 Å². The third-order valence-corrected chi connectivity index (χ3v) is 4.47. The molecule has 18 heavy (non-hydrogen) atoms. The number of aliphatic carboxylic acids is 1. The summed E-state index contributed by atoms with van der Waals surface area (Å²) in [5.41, 5.74) is -0.849. The Kier molecular flexibility index (Phi) is 5.17. The van der Waals surface area contributed by atoms with Gasteiger partial charge in [-0.15, -0.1) is 0 Å². The number of carboxylic acids is 1. The number of hydrogen-bond donors (Lipinski definition) is 1. The van der Waals surface area contributed by atoms with Crippen LogP contribution in [0.15, 0.2) is 0 Å². The molecule has 0 saturated heterocycles. The van der Waals surface area contributed by atoms with Crippen molar-refractivity contribution >= 4 is 11.9 Å². The Morgan fingerprint density at radius 3 is 2.28 bits per heavy atom. The predicted molar refractivity (Wildman–Crippen MR) is 68.1 cm³/mol. The lowest BCUT2D eigenvalue weighted by Crippen LogP contribution is -2.47. The van der Waals surface area contributed by atoms with E-state index < -0.39 is 17.3 Å². The van der Waals surface area contributed by atoms with Crippen molar-refractivity contribution in [3.05, 3.63) is 0 Å². The fourth-order valence-corrected chi connectivity index (χ4v) is 3.36. The first-order valence-electron chi connectivity index (χ1n) is 6.90. The molecule has 1 fully saturated rings. The van der Waals surface area contributed by atoms with Crippen molar-refractivity contribution in [2.75, 3.05) is 6.61 Å². The van der Waals surface area contributed by atoms with E-state index in [4.69, 9.17) is 4.74 Å². The van der Waals surface area contributed by atoms with Gasteiger partial charge >= 0.3 is 11.9 Å². The molecule has 104 valence electrons. The normalized spacial score (nSPS) is 21.3. The number of ether oxygens (including phenoxy) is 1. The summed E-state index contributed by atoms with van der Waals surface area (Å²) in [6, 6.07) is 0. The van der Waals surface area contributed by atoms with Crippen LogP contribution in [-0.4, -0.2) is 23.7 Å². The summed E-state index contributed by atoms with van der Waals surface area (Å²) < 4.78 is 5.18. The first-order chi connectivity index (χ1) is 8.50. The van der Waals surface area contributed by atoms with Crippen LogP contribution in [0.3, 0.4) is 0 Å². The molecule has 0 spiro atoms. The summed E-state index contributed by atoms with van der Waals surface area (Å²) in [6.07, 6.45) is 4.56. The molecule has 0 bridgehead atoms. The van der Waals surface area contributed by atoms with Gasteiger partial charge in [-0.05, 0) is 32.1 Å². The van der Waals surface area contributed by atoms with Crippen LogP contribution in [-0.2, 0) is 14.3 Å². The monoisotopic (exact) mass is 256 g/mol.